The first-order valence-electron chi connectivity index (χ1n) is 8.06. The van der Waals surface area contributed by atoms with E-state index in [1.54, 1.807) is 0 Å². The molecule has 0 spiro atoms. The van der Waals surface area contributed by atoms with Crippen LogP contribution in [0.4, 0.5) is 0 Å². The molecule has 9 heteroatoms. The van der Waals surface area contributed by atoms with Gasteiger partial charge in [0.1, 0.15) is 10.5 Å². The minimum atomic E-state index is -4.05. The van der Waals surface area contributed by atoms with Gasteiger partial charge >= 0.3 is 5.97 Å². The molecule has 146 valence electrons. The molecule has 0 atom stereocenters. The van der Waals surface area contributed by atoms with Crippen LogP contribution in [0.1, 0.15) is 15.2 Å². The van der Waals surface area contributed by atoms with Crippen molar-refractivity contribution in [3.63, 3.8) is 0 Å². The van der Waals surface area contributed by atoms with Crippen LogP contribution >= 0.6 is 22.9 Å². The van der Waals surface area contributed by atoms with Gasteiger partial charge < -0.3 is 9.84 Å². The van der Waals surface area contributed by atoms with Crippen molar-refractivity contribution in [1.29, 1.82) is 0 Å². The van der Waals surface area contributed by atoms with Gasteiger partial charge in [-0.2, -0.15) is 0 Å². The molecule has 2 aromatic carbocycles. The molecule has 0 aliphatic heterocycles. The Morgan fingerprint density at radius 3 is 2.54 bits per heavy atom. The molecule has 0 saturated carbocycles. The Morgan fingerprint density at radius 1 is 1.18 bits per heavy atom. The Balaban J connectivity index is 1.85. The summed E-state index contributed by atoms with van der Waals surface area (Å²) in [5.74, 6) is -1.60. The lowest BCUT2D eigenvalue weighted by atomic mass is 10.2. The Labute approximate surface area is 171 Å². The van der Waals surface area contributed by atoms with Crippen molar-refractivity contribution >= 4 is 38.9 Å². The third kappa shape index (κ3) is 4.36. The molecule has 2 N–H and O–H groups in total. The fourth-order valence-corrected chi connectivity index (χ4v) is 5.16. The average molecular weight is 438 g/mol. The molecule has 3 rings (SSSR count). The number of thiophene rings is 1. The van der Waals surface area contributed by atoms with Crippen LogP contribution in [-0.4, -0.2) is 26.6 Å². The van der Waals surface area contributed by atoms with Crippen molar-refractivity contribution in [3.8, 4) is 16.2 Å². The van der Waals surface area contributed by atoms with Gasteiger partial charge in [0, 0.05) is 21.3 Å². The number of rotatable bonds is 7. The van der Waals surface area contributed by atoms with Gasteiger partial charge in [-0.3, -0.25) is 0 Å². The van der Waals surface area contributed by atoms with Crippen LogP contribution in [-0.2, 0) is 16.6 Å². The van der Waals surface area contributed by atoms with E-state index in [2.05, 4.69) is 4.72 Å². The molecule has 0 saturated heterocycles. The van der Waals surface area contributed by atoms with Gasteiger partial charge in [0.2, 0.25) is 10.0 Å². The highest BCUT2D eigenvalue weighted by Crippen LogP contribution is 2.32. The van der Waals surface area contributed by atoms with Crippen LogP contribution < -0.4 is 9.46 Å². The molecule has 3 aromatic rings. The number of hydrogen-bond acceptors (Lipinski definition) is 5. The normalized spacial score (nSPS) is 11.4. The van der Waals surface area contributed by atoms with Crippen molar-refractivity contribution in [2.75, 3.05) is 7.11 Å². The fourth-order valence-electron chi connectivity index (χ4n) is 2.61. The third-order valence-corrected chi connectivity index (χ3v) is 6.66. The number of halogens is 1. The first kappa shape index (κ1) is 20.3. The number of ether oxygens (including phenoxy) is 1. The van der Waals surface area contributed by atoms with Crippen molar-refractivity contribution in [1.82, 2.24) is 4.72 Å². The van der Waals surface area contributed by atoms with Crippen LogP contribution in [0, 0.1) is 0 Å². The number of hydrogen-bond donors (Lipinski definition) is 2. The van der Waals surface area contributed by atoms with Gasteiger partial charge in [-0.15, -0.1) is 11.3 Å². The van der Waals surface area contributed by atoms with E-state index >= 15 is 0 Å². The molecule has 0 aliphatic rings. The Morgan fingerprint density at radius 2 is 1.89 bits per heavy atom. The van der Waals surface area contributed by atoms with E-state index in [9.17, 15) is 18.3 Å². The van der Waals surface area contributed by atoms with E-state index in [4.69, 9.17) is 16.3 Å². The largest absolute Gasteiger partial charge is 0.494 e. The molecule has 6 nitrogen and oxygen atoms in total. The molecule has 0 aliphatic carbocycles. The highest BCUT2D eigenvalue weighted by atomic mass is 35.5. The van der Waals surface area contributed by atoms with E-state index in [0.717, 1.165) is 21.4 Å². The molecule has 28 heavy (non-hydrogen) atoms. The van der Waals surface area contributed by atoms with Crippen LogP contribution in [0.3, 0.4) is 0 Å². The Kier molecular flexibility index (Phi) is 6.04. The topological polar surface area (TPSA) is 92.7 Å². The molecular formula is C19H16ClNO5S2. The average Bonchev–Trinajstić information content (AvgIpc) is 3.15. The summed E-state index contributed by atoms with van der Waals surface area (Å²) < 4.78 is 33.0. The van der Waals surface area contributed by atoms with Crippen LogP contribution in [0.15, 0.2) is 59.5 Å². The van der Waals surface area contributed by atoms with Crippen molar-refractivity contribution in [3.05, 3.63) is 70.1 Å². The quantitative estimate of drug-likeness (QED) is 0.576. The van der Waals surface area contributed by atoms with Gasteiger partial charge in [0.15, 0.2) is 5.75 Å². The van der Waals surface area contributed by atoms with Crippen molar-refractivity contribution in [2.45, 2.75) is 11.4 Å². The first-order valence-corrected chi connectivity index (χ1v) is 10.7. The minimum Gasteiger partial charge on any atom is -0.494 e. The van der Waals surface area contributed by atoms with E-state index in [1.807, 2.05) is 42.5 Å². The molecule has 0 bridgehead atoms. The maximum absolute atomic E-state index is 12.8. The molecule has 1 heterocycles. The van der Waals surface area contributed by atoms with Crippen LogP contribution in [0.25, 0.3) is 10.4 Å². The number of benzene rings is 2. The fraction of sp³-hybridized carbons (Fsp3) is 0.105. The Bertz CT molecular complexity index is 1110. The predicted octanol–water partition coefficient (Wildman–Crippen LogP) is 4.25. The zero-order chi connectivity index (χ0) is 20.3. The van der Waals surface area contributed by atoms with E-state index in [0.29, 0.717) is 0 Å². The Hall–Kier alpha value is -2.39. The van der Waals surface area contributed by atoms with E-state index in [-0.39, 0.29) is 27.8 Å². The lowest BCUT2D eigenvalue weighted by Gasteiger charge is -2.13. The zero-order valence-corrected chi connectivity index (χ0v) is 17.1. The van der Waals surface area contributed by atoms with Crippen molar-refractivity contribution in [2.24, 2.45) is 0 Å². The number of nitrogens with one attached hydrogen (secondary N) is 1. The van der Waals surface area contributed by atoms with Gasteiger partial charge in [0.05, 0.1) is 7.11 Å². The van der Waals surface area contributed by atoms with Gasteiger partial charge in [-0.1, -0.05) is 41.9 Å². The number of aromatic carboxylic acids is 1. The second-order valence-electron chi connectivity index (χ2n) is 5.75. The van der Waals surface area contributed by atoms with Crippen molar-refractivity contribution < 1.29 is 23.1 Å². The summed E-state index contributed by atoms with van der Waals surface area (Å²) in [7, 11) is -2.84. The van der Waals surface area contributed by atoms with Crippen LogP contribution in [0.2, 0.25) is 5.02 Å². The number of methoxy groups -OCH3 is 1. The second kappa shape index (κ2) is 8.32. The zero-order valence-electron chi connectivity index (χ0n) is 14.7. The maximum atomic E-state index is 12.8. The number of sulfonamides is 1. The summed E-state index contributed by atoms with van der Waals surface area (Å²) >= 11 is 7.37. The summed E-state index contributed by atoms with van der Waals surface area (Å²) in [6.45, 7) is 0.0535. The summed E-state index contributed by atoms with van der Waals surface area (Å²) in [6, 6.07) is 15.8. The molecule has 0 fully saturated rings. The lowest BCUT2D eigenvalue weighted by molar-refractivity contribution is 0.0693. The highest BCUT2D eigenvalue weighted by molar-refractivity contribution is 7.89. The molecule has 0 amide bonds. The van der Waals surface area contributed by atoms with Gasteiger partial charge in [0.25, 0.3) is 0 Å². The molecule has 1 aromatic heterocycles. The number of carboxylic acid groups (broad SMARTS) is 1. The lowest BCUT2D eigenvalue weighted by Crippen LogP contribution is -2.24. The summed E-state index contributed by atoms with van der Waals surface area (Å²) in [5, 5.41) is 9.27. The standard InChI is InChI=1S/C19H16ClNO5S2/c1-26-18-15(19(22)23)9-13(20)10-17(18)28(24,25)21-11-14-7-8-16(27-14)12-5-3-2-4-6-12/h2-10,21H,11H2,1H3,(H,22,23). The number of carbonyl (C=O) groups is 1. The summed E-state index contributed by atoms with van der Waals surface area (Å²) in [6.07, 6.45) is 0. The second-order valence-corrected chi connectivity index (χ2v) is 9.09. The summed E-state index contributed by atoms with van der Waals surface area (Å²) in [4.78, 5) is 12.9. The van der Waals surface area contributed by atoms with Gasteiger partial charge in [-0.05, 0) is 29.8 Å². The summed E-state index contributed by atoms with van der Waals surface area (Å²) in [5.41, 5.74) is 0.724. The maximum Gasteiger partial charge on any atom is 0.339 e. The number of carboxylic acids is 1. The van der Waals surface area contributed by atoms with Crippen LogP contribution in [0.5, 0.6) is 5.75 Å². The monoisotopic (exact) mass is 437 g/mol. The minimum absolute atomic E-state index is 0.0129. The third-order valence-electron chi connectivity index (χ3n) is 3.90. The van der Waals surface area contributed by atoms with Gasteiger partial charge in [-0.25, -0.2) is 17.9 Å². The molecule has 0 radical (unpaired) electrons. The highest BCUT2D eigenvalue weighted by Gasteiger charge is 2.25. The molecular weight excluding hydrogens is 422 g/mol. The first-order chi connectivity index (χ1) is 13.3. The predicted molar refractivity (Wildman–Crippen MR) is 109 cm³/mol. The van der Waals surface area contributed by atoms with E-state index < -0.39 is 16.0 Å². The smallest absolute Gasteiger partial charge is 0.339 e. The van der Waals surface area contributed by atoms with E-state index in [1.165, 1.54) is 24.5 Å². The molecule has 0 unspecified atom stereocenters. The SMILES string of the molecule is COc1c(C(=O)O)cc(Cl)cc1S(=O)(=O)NCc1ccc(-c2ccccc2)s1.